The molecule has 0 spiro atoms. The van der Waals surface area contributed by atoms with Crippen LogP contribution < -0.4 is 5.32 Å². The van der Waals surface area contributed by atoms with Gasteiger partial charge in [-0.25, -0.2) is 0 Å². The Bertz CT molecular complexity index is 513. The van der Waals surface area contributed by atoms with Gasteiger partial charge in [0, 0.05) is 24.2 Å². The lowest BCUT2D eigenvalue weighted by Gasteiger charge is -2.15. The molecule has 1 aliphatic rings. The Hall–Kier alpha value is -1.83. The molecule has 1 aliphatic heterocycles. The first-order chi connectivity index (χ1) is 9.70. The van der Waals surface area contributed by atoms with E-state index in [4.69, 9.17) is 9.84 Å². The van der Waals surface area contributed by atoms with Gasteiger partial charge >= 0.3 is 0 Å². The molecule has 1 amide bonds. The molecular formula is C16H19NO3. The second-order valence-electron chi connectivity index (χ2n) is 4.80. The quantitative estimate of drug-likeness (QED) is 0.817. The van der Waals surface area contributed by atoms with E-state index in [9.17, 15) is 4.79 Å². The van der Waals surface area contributed by atoms with E-state index in [-0.39, 0.29) is 24.7 Å². The van der Waals surface area contributed by atoms with Crippen molar-refractivity contribution in [1.82, 2.24) is 5.32 Å². The number of rotatable bonds is 3. The van der Waals surface area contributed by atoms with E-state index in [1.807, 2.05) is 19.1 Å². The third-order valence-corrected chi connectivity index (χ3v) is 3.31. The summed E-state index contributed by atoms with van der Waals surface area (Å²) in [6, 6.07) is 7.24. The van der Waals surface area contributed by atoms with Gasteiger partial charge in [-0.05, 0) is 37.6 Å². The number of hydrogen-bond acceptors (Lipinski definition) is 3. The van der Waals surface area contributed by atoms with Crippen LogP contribution in [0.2, 0.25) is 0 Å². The molecule has 1 heterocycles. The molecular weight excluding hydrogens is 254 g/mol. The predicted molar refractivity (Wildman–Crippen MR) is 76.3 cm³/mol. The molecule has 4 nitrogen and oxygen atoms in total. The number of aliphatic hydroxyl groups excluding tert-OH is 1. The van der Waals surface area contributed by atoms with Crippen molar-refractivity contribution in [2.45, 2.75) is 31.9 Å². The van der Waals surface area contributed by atoms with Crippen LogP contribution in [0.4, 0.5) is 0 Å². The maximum Gasteiger partial charge on any atom is 0.251 e. The first kappa shape index (κ1) is 14.6. The summed E-state index contributed by atoms with van der Waals surface area (Å²) in [5.41, 5.74) is 1.46. The van der Waals surface area contributed by atoms with Gasteiger partial charge in [-0.1, -0.05) is 11.8 Å². The van der Waals surface area contributed by atoms with Crippen molar-refractivity contribution in [2.75, 3.05) is 13.2 Å². The highest BCUT2D eigenvalue weighted by Gasteiger charge is 2.25. The van der Waals surface area contributed by atoms with Gasteiger partial charge < -0.3 is 15.2 Å². The Kier molecular flexibility index (Phi) is 5.16. The van der Waals surface area contributed by atoms with E-state index < -0.39 is 0 Å². The van der Waals surface area contributed by atoms with Crippen molar-refractivity contribution in [1.29, 1.82) is 0 Å². The predicted octanol–water partition coefficient (Wildman–Crippen LogP) is 1.33. The molecule has 2 atom stereocenters. The lowest BCUT2D eigenvalue weighted by atomic mass is 10.1. The van der Waals surface area contributed by atoms with Crippen LogP contribution in [0.5, 0.6) is 0 Å². The molecule has 0 radical (unpaired) electrons. The largest absolute Gasteiger partial charge is 0.395 e. The second-order valence-corrected chi connectivity index (χ2v) is 4.80. The minimum Gasteiger partial charge on any atom is -0.395 e. The summed E-state index contributed by atoms with van der Waals surface area (Å²) in [6.07, 6.45) is 1.39. The zero-order valence-corrected chi connectivity index (χ0v) is 11.6. The first-order valence-corrected chi connectivity index (χ1v) is 6.83. The second kappa shape index (κ2) is 7.09. The van der Waals surface area contributed by atoms with Crippen LogP contribution in [-0.2, 0) is 4.74 Å². The van der Waals surface area contributed by atoms with Gasteiger partial charge in [0.05, 0.1) is 18.8 Å². The Labute approximate surface area is 119 Å². The molecule has 1 aromatic rings. The summed E-state index contributed by atoms with van der Waals surface area (Å²) in [7, 11) is 0. The van der Waals surface area contributed by atoms with Crippen LogP contribution in [-0.4, -0.2) is 36.4 Å². The van der Waals surface area contributed by atoms with Crippen molar-refractivity contribution in [3.05, 3.63) is 35.4 Å². The van der Waals surface area contributed by atoms with Crippen LogP contribution in [0, 0.1) is 11.8 Å². The van der Waals surface area contributed by atoms with E-state index in [0.717, 1.165) is 12.0 Å². The van der Waals surface area contributed by atoms with E-state index in [0.29, 0.717) is 18.6 Å². The molecule has 0 saturated carbocycles. The third-order valence-electron chi connectivity index (χ3n) is 3.31. The maximum absolute atomic E-state index is 12.1. The van der Waals surface area contributed by atoms with Gasteiger partial charge in [-0.3, -0.25) is 4.79 Å². The van der Waals surface area contributed by atoms with Crippen LogP contribution >= 0.6 is 0 Å². The van der Waals surface area contributed by atoms with Gasteiger partial charge in [-0.15, -0.1) is 0 Å². The summed E-state index contributed by atoms with van der Waals surface area (Å²) in [6.45, 7) is 2.73. The Morgan fingerprint density at radius 1 is 1.45 bits per heavy atom. The molecule has 2 N–H and O–H groups in total. The SMILES string of the molecule is CC1OCCC1NC(=O)c1ccc(C#CCCO)cc1. The molecule has 4 heteroatoms. The highest BCUT2D eigenvalue weighted by Crippen LogP contribution is 2.13. The molecule has 1 aromatic carbocycles. The Balaban J connectivity index is 1.95. The van der Waals surface area contributed by atoms with Crippen LogP contribution in [0.15, 0.2) is 24.3 Å². The van der Waals surface area contributed by atoms with Crippen molar-refractivity contribution in [2.24, 2.45) is 0 Å². The number of nitrogens with one attached hydrogen (secondary N) is 1. The number of hydrogen-bond donors (Lipinski definition) is 2. The topological polar surface area (TPSA) is 58.6 Å². The summed E-state index contributed by atoms with van der Waals surface area (Å²) < 4.78 is 5.42. The maximum atomic E-state index is 12.1. The number of carbonyl (C=O) groups excluding carboxylic acids is 1. The smallest absolute Gasteiger partial charge is 0.251 e. The van der Waals surface area contributed by atoms with Crippen molar-refractivity contribution < 1.29 is 14.6 Å². The average Bonchev–Trinajstić information content (AvgIpc) is 2.85. The number of ether oxygens (including phenoxy) is 1. The fourth-order valence-electron chi connectivity index (χ4n) is 2.10. The molecule has 1 saturated heterocycles. The lowest BCUT2D eigenvalue weighted by molar-refractivity contribution is 0.0866. The fraction of sp³-hybridized carbons (Fsp3) is 0.438. The Morgan fingerprint density at radius 3 is 2.80 bits per heavy atom. The van der Waals surface area contributed by atoms with Gasteiger partial charge in [0.1, 0.15) is 0 Å². The molecule has 1 fully saturated rings. The zero-order valence-electron chi connectivity index (χ0n) is 11.6. The molecule has 0 aliphatic carbocycles. The summed E-state index contributed by atoms with van der Waals surface area (Å²) in [5, 5.41) is 11.6. The van der Waals surface area contributed by atoms with E-state index in [1.165, 1.54) is 0 Å². The van der Waals surface area contributed by atoms with Gasteiger partial charge in [0.25, 0.3) is 5.91 Å². The fourth-order valence-corrected chi connectivity index (χ4v) is 2.10. The highest BCUT2D eigenvalue weighted by atomic mass is 16.5. The summed E-state index contributed by atoms with van der Waals surface area (Å²) >= 11 is 0. The highest BCUT2D eigenvalue weighted by molar-refractivity contribution is 5.94. The van der Waals surface area contributed by atoms with Crippen molar-refractivity contribution >= 4 is 5.91 Å². The zero-order chi connectivity index (χ0) is 14.4. The van der Waals surface area contributed by atoms with Gasteiger partial charge in [0.15, 0.2) is 0 Å². The van der Waals surface area contributed by atoms with Crippen molar-refractivity contribution in [3.8, 4) is 11.8 Å². The minimum absolute atomic E-state index is 0.0646. The van der Waals surface area contributed by atoms with Crippen LogP contribution in [0.1, 0.15) is 35.7 Å². The molecule has 20 heavy (non-hydrogen) atoms. The number of benzene rings is 1. The monoisotopic (exact) mass is 273 g/mol. The van der Waals surface area contributed by atoms with Gasteiger partial charge in [-0.2, -0.15) is 0 Å². The van der Waals surface area contributed by atoms with Gasteiger partial charge in [0.2, 0.25) is 0 Å². The van der Waals surface area contributed by atoms with E-state index in [1.54, 1.807) is 12.1 Å². The number of carbonyl (C=O) groups is 1. The van der Waals surface area contributed by atoms with Crippen LogP contribution in [0.3, 0.4) is 0 Å². The summed E-state index contributed by atoms with van der Waals surface area (Å²) in [4.78, 5) is 12.1. The molecule has 0 aromatic heterocycles. The first-order valence-electron chi connectivity index (χ1n) is 6.83. The van der Waals surface area contributed by atoms with Crippen molar-refractivity contribution in [3.63, 3.8) is 0 Å². The van der Waals surface area contributed by atoms with Crippen LogP contribution in [0.25, 0.3) is 0 Å². The molecule has 0 bridgehead atoms. The number of aliphatic hydroxyl groups is 1. The molecule has 106 valence electrons. The summed E-state index contributed by atoms with van der Waals surface area (Å²) in [5.74, 6) is 5.70. The third kappa shape index (κ3) is 3.83. The average molecular weight is 273 g/mol. The van der Waals surface area contributed by atoms with E-state index >= 15 is 0 Å². The number of amides is 1. The molecule has 2 unspecified atom stereocenters. The Morgan fingerprint density at radius 2 is 2.20 bits per heavy atom. The normalized spacial score (nSPS) is 21.1. The standard InChI is InChI=1S/C16H19NO3/c1-12-15(9-11-20-12)17-16(19)14-7-5-13(6-8-14)4-2-3-10-18/h5-8,12,15,18H,3,9-11H2,1H3,(H,17,19). The van der Waals surface area contributed by atoms with E-state index in [2.05, 4.69) is 17.2 Å². The lowest BCUT2D eigenvalue weighted by Crippen LogP contribution is -2.39. The molecule has 2 rings (SSSR count). The minimum atomic E-state index is -0.0813.